The highest BCUT2D eigenvalue weighted by molar-refractivity contribution is 6.84. The molecule has 2 atom stereocenters. The van der Waals surface area contributed by atoms with Gasteiger partial charge >= 0.3 is 11.9 Å². The molecule has 3 rings (SSSR count). The van der Waals surface area contributed by atoms with E-state index in [4.69, 9.17) is 18.9 Å². The van der Waals surface area contributed by atoms with Gasteiger partial charge in [0.2, 0.25) is 0 Å². The van der Waals surface area contributed by atoms with Crippen molar-refractivity contribution in [3.63, 3.8) is 0 Å². The first-order valence-corrected chi connectivity index (χ1v) is 13.0. The summed E-state index contributed by atoms with van der Waals surface area (Å²) in [7, 11) is 2.42. The molecule has 7 heteroatoms. The minimum Gasteiger partial charge on any atom is -0.497 e. The fourth-order valence-electron chi connectivity index (χ4n) is 4.38. The lowest BCUT2D eigenvalue weighted by Crippen LogP contribution is -2.29. The molecule has 6 nitrogen and oxygen atoms in total. The second-order valence-electron chi connectivity index (χ2n) is 8.20. The smallest absolute Gasteiger partial charge is 0.338 e. The number of hydrogen-bond donors (Lipinski definition) is 0. The molecule has 0 spiro atoms. The molecule has 28 heavy (non-hydrogen) atoms. The Morgan fingerprint density at radius 2 is 1.71 bits per heavy atom. The lowest BCUT2D eigenvalue weighted by molar-refractivity contribution is -0.140. The molecule has 3 aliphatic rings. The maximum Gasteiger partial charge on any atom is 0.338 e. The lowest BCUT2D eigenvalue weighted by Gasteiger charge is -2.27. The van der Waals surface area contributed by atoms with Crippen LogP contribution in [0.1, 0.15) is 19.3 Å². The van der Waals surface area contributed by atoms with Crippen LogP contribution in [-0.4, -0.2) is 47.4 Å². The van der Waals surface area contributed by atoms with Crippen LogP contribution in [0.4, 0.5) is 0 Å². The molecule has 0 N–H and O–H groups in total. The van der Waals surface area contributed by atoms with Crippen molar-refractivity contribution in [2.75, 3.05) is 21.3 Å². The fraction of sp³-hybridized carbons (Fsp3) is 0.524. The number of hydrogen-bond acceptors (Lipinski definition) is 6. The van der Waals surface area contributed by atoms with E-state index in [1.54, 1.807) is 13.2 Å². The Morgan fingerprint density at radius 3 is 2.29 bits per heavy atom. The van der Waals surface area contributed by atoms with Crippen LogP contribution in [0.25, 0.3) is 0 Å². The molecule has 0 saturated heterocycles. The van der Waals surface area contributed by atoms with Gasteiger partial charge in [-0.3, -0.25) is 0 Å². The molecule has 1 aliphatic carbocycles. The number of methoxy groups -OCH3 is 3. The topological polar surface area (TPSA) is 71.1 Å². The first-order chi connectivity index (χ1) is 13.2. The zero-order valence-corrected chi connectivity index (χ0v) is 18.4. The van der Waals surface area contributed by atoms with Crippen LogP contribution in [0.15, 0.2) is 45.6 Å². The Bertz CT molecular complexity index is 824. The Labute approximate surface area is 166 Å². The summed E-state index contributed by atoms with van der Waals surface area (Å²) in [6.07, 6.45) is 5.47. The summed E-state index contributed by atoms with van der Waals surface area (Å²) in [5.41, 5.74) is 1.58. The maximum absolute atomic E-state index is 12.8. The molecule has 2 heterocycles. The van der Waals surface area contributed by atoms with E-state index in [2.05, 4.69) is 19.6 Å². The van der Waals surface area contributed by atoms with E-state index < -0.39 is 26.1 Å². The van der Waals surface area contributed by atoms with E-state index in [1.165, 1.54) is 14.2 Å². The second kappa shape index (κ2) is 7.62. The third kappa shape index (κ3) is 3.32. The van der Waals surface area contributed by atoms with Gasteiger partial charge in [0.05, 0.1) is 40.5 Å². The molecular formula is C21H28O6Si. The summed E-state index contributed by atoms with van der Waals surface area (Å²) < 4.78 is 22.2. The summed E-state index contributed by atoms with van der Waals surface area (Å²) in [6, 6.07) is 0. The SMILES string of the molecule is COC(=O)/C1=C(\C(=O)OC)[C@H]2CCC/C2=C(OC)/C([Si](C)(C)C)=C2/C=C[C@@H]1O2. The predicted molar refractivity (Wildman–Crippen MR) is 107 cm³/mol. The molecule has 0 aromatic heterocycles. The zero-order valence-electron chi connectivity index (χ0n) is 17.4. The molecule has 0 aromatic carbocycles. The van der Waals surface area contributed by atoms with E-state index in [-0.39, 0.29) is 11.5 Å². The first kappa shape index (κ1) is 20.5. The molecular weight excluding hydrogens is 376 g/mol. The molecule has 152 valence electrons. The van der Waals surface area contributed by atoms with Crippen LogP contribution < -0.4 is 0 Å². The summed E-state index contributed by atoms with van der Waals surface area (Å²) in [4.78, 5) is 25.6. The van der Waals surface area contributed by atoms with Crippen molar-refractivity contribution in [2.45, 2.75) is 45.0 Å². The van der Waals surface area contributed by atoms with E-state index in [0.29, 0.717) is 11.3 Å². The molecule has 2 aliphatic heterocycles. The van der Waals surface area contributed by atoms with Gasteiger partial charge in [-0.15, -0.1) is 0 Å². The molecule has 0 amide bonds. The van der Waals surface area contributed by atoms with Crippen molar-refractivity contribution in [2.24, 2.45) is 5.92 Å². The van der Waals surface area contributed by atoms with Gasteiger partial charge in [-0.1, -0.05) is 19.6 Å². The quantitative estimate of drug-likeness (QED) is 0.528. The summed E-state index contributed by atoms with van der Waals surface area (Å²) in [5.74, 6) is 0.168. The van der Waals surface area contributed by atoms with E-state index >= 15 is 0 Å². The first-order valence-electron chi connectivity index (χ1n) is 9.52. The molecule has 0 radical (unpaired) electrons. The van der Waals surface area contributed by atoms with Gasteiger partial charge in [0, 0.05) is 11.1 Å². The van der Waals surface area contributed by atoms with E-state index in [9.17, 15) is 9.59 Å². The Balaban J connectivity index is 2.38. The molecule has 1 saturated carbocycles. The Hall–Kier alpha value is -2.28. The predicted octanol–water partition coefficient (Wildman–Crippen LogP) is 3.43. The van der Waals surface area contributed by atoms with Crippen LogP contribution in [-0.2, 0) is 28.5 Å². The van der Waals surface area contributed by atoms with Gasteiger partial charge in [-0.05, 0) is 37.0 Å². The number of carbonyl (C=O) groups is 2. The average molecular weight is 405 g/mol. The third-order valence-corrected chi connectivity index (χ3v) is 7.46. The average Bonchev–Trinajstić information content (AvgIpc) is 3.31. The normalized spacial score (nSPS) is 32.1. The van der Waals surface area contributed by atoms with Gasteiger partial charge in [-0.25, -0.2) is 9.59 Å². The number of fused-ring (bicyclic) bond motifs is 3. The van der Waals surface area contributed by atoms with Crippen LogP contribution in [0.2, 0.25) is 19.6 Å². The maximum atomic E-state index is 12.8. The van der Waals surface area contributed by atoms with Crippen LogP contribution in [0.5, 0.6) is 0 Å². The second-order valence-corrected chi connectivity index (χ2v) is 13.2. The standard InChI is InChI=1S/C21H28O6Si/c1-24-18-13-9-7-8-12(13)16(20(22)25-2)17(21(23)26-3)14-10-11-15(27-14)19(18)28(4,5)6/h10-12,14H,7-9H2,1-6H3/b17-16-,18-13+,19-15+/t12-,14-/m0/s1. The number of rotatable bonds is 4. The number of ether oxygens (including phenoxy) is 4. The van der Waals surface area contributed by atoms with Crippen LogP contribution in [0.3, 0.4) is 0 Å². The third-order valence-electron chi connectivity index (χ3n) is 5.49. The lowest BCUT2D eigenvalue weighted by atomic mass is 9.86. The number of esters is 2. The summed E-state index contributed by atoms with van der Waals surface area (Å²) >= 11 is 0. The molecule has 0 aromatic rings. The molecule has 0 unspecified atom stereocenters. The minimum atomic E-state index is -1.88. The highest BCUT2D eigenvalue weighted by atomic mass is 28.3. The van der Waals surface area contributed by atoms with Crippen LogP contribution >= 0.6 is 0 Å². The van der Waals surface area contributed by atoms with Gasteiger partial charge in [0.1, 0.15) is 17.6 Å². The van der Waals surface area contributed by atoms with Crippen molar-refractivity contribution in [1.29, 1.82) is 0 Å². The van der Waals surface area contributed by atoms with Gasteiger partial charge < -0.3 is 18.9 Å². The van der Waals surface area contributed by atoms with Crippen molar-refractivity contribution in [3.05, 3.63) is 45.6 Å². The van der Waals surface area contributed by atoms with E-state index in [1.807, 2.05) is 6.08 Å². The largest absolute Gasteiger partial charge is 0.497 e. The summed E-state index contributed by atoms with van der Waals surface area (Å²) in [5, 5.41) is 1.07. The van der Waals surface area contributed by atoms with Crippen molar-refractivity contribution < 1.29 is 28.5 Å². The van der Waals surface area contributed by atoms with Crippen molar-refractivity contribution >= 4 is 20.0 Å². The monoisotopic (exact) mass is 404 g/mol. The number of carbonyl (C=O) groups excluding carboxylic acids is 2. The van der Waals surface area contributed by atoms with E-state index in [0.717, 1.165) is 35.8 Å². The van der Waals surface area contributed by atoms with Crippen molar-refractivity contribution in [3.8, 4) is 0 Å². The van der Waals surface area contributed by atoms with Crippen molar-refractivity contribution in [1.82, 2.24) is 0 Å². The fourth-order valence-corrected chi connectivity index (χ4v) is 6.20. The highest BCUT2D eigenvalue weighted by Gasteiger charge is 2.44. The van der Waals surface area contributed by atoms with Crippen LogP contribution in [0, 0.1) is 5.92 Å². The van der Waals surface area contributed by atoms with Gasteiger partial charge in [0.15, 0.2) is 0 Å². The zero-order chi connectivity index (χ0) is 20.6. The highest BCUT2D eigenvalue weighted by Crippen LogP contribution is 2.46. The Kier molecular flexibility index (Phi) is 5.57. The summed E-state index contributed by atoms with van der Waals surface area (Å²) in [6.45, 7) is 6.70. The molecule has 1 fully saturated rings. The Morgan fingerprint density at radius 1 is 1.07 bits per heavy atom. The number of allylic oxidation sites excluding steroid dienone is 3. The van der Waals surface area contributed by atoms with Gasteiger partial charge in [-0.2, -0.15) is 0 Å². The minimum absolute atomic E-state index is 0.220. The van der Waals surface area contributed by atoms with Gasteiger partial charge in [0.25, 0.3) is 0 Å². The molecule has 2 bridgehead atoms.